The smallest absolute Gasteiger partial charge is 0.335 e. The number of carbonyl (C=O) groups is 1. The molecule has 0 atom stereocenters. The Balaban J connectivity index is 1.72. The Morgan fingerprint density at radius 1 is 1.00 bits per heavy atom. The minimum atomic E-state index is -1.08. The number of carboxylic acids is 1. The molecule has 2 N–H and O–H groups in total. The lowest BCUT2D eigenvalue weighted by Gasteiger charge is -2.12. The first kappa shape index (κ1) is 20.3. The number of carboxylic acid groups (broad SMARTS) is 1. The molecule has 0 radical (unpaired) electrons. The van der Waals surface area contributed by atoms with E-state index in [9.17, 15) is 14.3 Å². The summed E-state index contributed by atoms with van der Waals surface area (Å²) in [6, 6.07) is 18.2. The van der Waals surface area contributed by atoms with Crippen LogP contribution in [0.3, 0.4) is 0 Å². The average molecular weight is 440 g/mol. The summed E-state index contributed by atoms with van der Waals surface area (Å²) in [6.07, 6.45) is 1.56. The zero-order chi connectivity index (χ0) is 22.9. The Morgan fingerprint density at radius 2 is 1.85 bits per heavy atom. The monoisotopic (exact) mass is 440 g/mol. The van der Waals surface area contributed by atoms with Crippen molar-refractivity contribution in [3.63, 3.8) is 0 Å². The summed E-state index contributed by atoms with van der Waals surface area (Å²) in [4.78, 5) is 25.2. The minimum absolute atomic E-state index is 0.0741. The van der Waals surface area contributed by atoms with Gasteiger partial charge in [-0.3, -0.25) is 0 Å². The van der Waals surface area contributed by atoms with E-state index in [1.54, 1.807) is 37.6 Å². The van der Waals surface area contributed by atoms with Gasteiger partial charge in [-0.1, -0.05) is 24.3 Å². The Morgan fingerprint density at radius 3 is 2.64 bits per heavy atom. The standard InChI is InChI=1S/C25H17FN4O3/c1-33-16-6-4-5-15(12-16)28-25-27-13-21-23(30-25)17-10-9-14(24(31)32)11-19(17)22(29-21)18-7-2-3-8-20(18)26/h2-13H,1H3,(H,31,32)(H,27,28,30). The third-order valence-corrected chi connectivity index (χ3v) is 5.23. The lowest BCUT2D eigenvalue weighted by molar-refractivity contribution is 0.0697. The van der Waals surface area contributed by atoms with Gasteiger partial charge in [-0.2, -0.15) is 0 Å². The van der Waals surface area contributed by atoms with Crippen LogP contribution >= 0.6 is 0 Å². The van der Waals surface area contributed by atoms with Crippen molar-refractivity contribution in [2.45, 2.75) is 0 Å². The summed E-state index contributed by atoms with van der Waals surface area (Å²) in [5.41, 5.74) is 2.39. The van der Waals surface area contributed by atoms with Gasteiger partial charge >= 0.3 is 5.97 Å². The van der Waals surface area contributed by atoms with E-state index in [0.29, 0.717) is 39.2 Å². The van der Waals surface area contributed by atoms with E-state index in [2.05, 4.69) is 20.3 Å². The first-order chi connectivity index (χ1) is 16.0. The predicted molar refractivity (Wildman–Crippen MR) is 123 cm³/mol. The molecule has 0 aliphatic heterocycles. The van der Waals surface area contributed by atoms with Gasteiger partial charge in [0.1, 0.15) is 22.6 Å². The van der Waals surface area contributed by atoms with Gasteiger partial charge in [0, 0.05) is 28.1 Å². The number of halogens is 1. The minimum Gasteiger partial charge on any atom is -0.497 e. The van der Waals surface area contributed by atoms with Crippen molar-refractivity contribution >= 4 is 39.4 Å². The zero-order valence-electron chi connectivity index (χ0n) is 17.4. The van der Waals surface area contributed by atoms with Gasteiger partial charge in [0.05, 0.1) is 24.6 Å². The molecule has 7 nitrogen and oxygen atoms in total. The molecular weight excluding hydrogens is 423 g/mol. The summed E-state index contributed by atoms with van der Waals surface area (Å²) >= 11 is 0. The van der Waals surface area contributed by atoms with Gasteiger partial charge in [-0.15, -0.1) is 0 Å². The lowest BCUT2D eigenvalue weighted by Crippen LogP contribution is -2.01. The van der Waals surface area contributed by atoms with E-state index in [1.165, 1.54) is 18.2 Å². The third-order valence-electron chi connectivity index (χ3n) is 5.23. The van der Waals surface area contributed by atoms with Crippen LogP contribution in [-0.2, 0) is 0 Å². The fourth-order valence-electron chi connectivity index (χ4n) is 3.66. The molecule has 0 aliphatic carbocycles. The predicted octanol–water partition coefficient (Wildman–Crippen LogP) is 5.43. The van der Waals surface area contributed by atoms with Gasteiger partial charge in [0.15, 0.2) is 0 Å². The summed E-state index contributed by atoms with van der Waals surface area (Å²) < 4.78 is 19.9. The van der Waals surface area contributed by atoms with E-state index in [1.807, 2.05) is 24.3 Å². The molecule has 0 aliphatic rings. The SMILES string of the molecule is COc1cccc(Nc2ncc3nc(-c4ccccc4F)c4cc(C(=O)O)ccc4c3n2)c1. The normalized spacial score (nSPS) is 11.0. The number of methoxy groups -OCH3 is 1. The molecule has 5 aromatic rings. The van der Waals surface area contributed by atoms with Crippen molar-refractivity contribution in [2.24, 2.45) is 0 Å². The van der Waals surface area contributed by atoms with Crippen LogP contribution in [0.15, 0.2) is 72.9 Å². The van der Waals surface area contributed by atoms with Crippen LogP contribution in [0.5, 0.6) is 5.75 Å². The number of benzene rings is 3. The van der Waals surface area contributed by atoms with Crippen molar-refractivity contribution in [3.8, 4) is 17.0 Å². The van der Waals surface area contributed by atoms with Gasteiger partial charge in [0.2, 0.25) is 5.95 Å². The summed E-state index contributed by atoms with van der Waals surface area (Å²) in [5, 5.41) is 13.7. The number of nitrogens with zero attached hydrogens (tertiary/aromatic N) is 3. The second-order valence-electron chi connectivity index (χ2n) is 7.29. The summed E-state index contributed by atoms with van der Waals surface area (Å²) in [6.45, 7) is 0. The quantitative estimate of drug-likeness (QED) is 0.352. The van der Waals surface area contributed by atoms with Crippen LogP contribution in [0, 0.1) is 5.82 Å². The molecule has 0 unspecified atom stereocenters. The number of aromatic carboxylic acids is 1. The topological polar surface area (TPSA) is 97.2 Å². The number of fused-ring (bicyclic) bond motifs is 3. The van der Waals surface area contributed by atoms with Crippen LogP contribution in [0.1, 0.15) is 10.4 Å². The first-order valence-corrected chi connectivity index (χ1v) is 10.0. The first-order valence-electron chi connectivity index (χ1n) is 10.0. The molecular formula is C25H17FN4O3. The Hall–Kier alpha value is -4.59. The van der Waals surface area contributed by atoms with E-state index in [0.717, 1.165) is 5.69 Å². The van der Waals surface area contributed by atoms with Crippen LogP contribution in [0.25, 0.3) is 33.1 Å². The fraction of sp³-hybridized carbons (Fsp3) is 0.0400. The number of ether oxygens (including phenoxy) is 1. The molecule has 2 aromatic heterocycles. The van der Waals surface area contributed by atoms with E-state index < -0.39 is 11.8 Å². The highest BCUT2D eigenvalue weighted by Gasteiger charge is 2.17. The zero-order valence-corrected chi connectivity index (χ0v) is 17.4. The molecule has 2 heterocycles. The second-order valence-corrected chi connectivity index (χ2v) is 7.29. The molecule has 0 spiro atoms. The lowest BCUT2D eigenvalue weighted by atomic mass is 10.00. The molecule has 8 heteroatoms. The van der Waals surface area contributed by atoms with Crippen molar-refractivity contribution in [1.29, 1.82) is 0 Å². The van der Waals surface area contributed by atoms with E-state index >= 15 is 0 Å². The third kappa shape index (κ3) is 3.78. The number of rotatable bonds is 5. The van der Waals surface area contributed by atoms with Crippen LogP contribution in [-0.4, -0.2) is 33.1 Å². The molecule has 33 heavy (non-hydrogen) atoms. The molecule has 0 bridgehead atoms. The Bertz CT molecular complexity index is 1540. The summed E-state index contributed by atoms with van der Waals surface area (Å²) in [5.74, 6) is -0.522. The van der Waals surface area contributed by atoms with Crippen LogP contribution < -0.4 is 10.1 Å². The number of hydrogen-bond acceptors (Lipinski definition) is 6. The largest absolute Gasteiger partial charge is 0.497 e. The molecule has 0 saturated carbocycles. The molecule has 162 valence electrons. The highest BCUT2D eigenvalue weighted by molar-refractivity contribution is 6.11. The van der Waals surface area contributed by atoms with Gasteiger partial charge in [-0.05, 0) is 36.4 Å². The molecule has 0 amide bonds. The van der Waals surface area contributed by atoms with Crippen LogP contribution in [0.4, 0.5) is 16.0 Å². The Kier molecular flexibility index (Phi) is 5.02. The maximum Gasteiger partial charge on any atom is 0.335 e. The molecule has 5 rings (SSSR count). The highest BCUT2D eigenvalue weighted by atomic mass is 19.1. The van der Waals surface area contributed by atoms with E-state index in [4.69, 9.17) is 4.74 Å². The Labute approximate surface area is 187 Å². The molecule has 0 fully saturated rings. The highest BCUT2D eigenvalue weighted by Crippen LogP contribution is 2.34. The van der Waals surface area contributed by atoms with Crippen molar-refractivity contribution in [1.82, 2.24) is 15.0 Å². The molecule has 3 aromatic carbocycles. The van der Waals surface area contributed by atoms with Crippen molar-refractivity contribution in [3.05, 3.63) is 84.3 Å². The maximum atomic E-state index is 14.6. The number of nitrogens with one attached hydrogen (secondary N) is 1. The number of hydrogen-bond donors (Lipinski definition) is 2. The van der Waals surface area contributed by atoms with E-state index in [-0.39, 0.29) is 11.1 Å². The van der Waals surface area contributed by atoms with Crippen molar-refractivity contribution < 1.29 is 19.0 Å². The maximum absolute atomic E-state index is 14.6. The molecule has 0 saturated heterocycles. The second kappa shape index (κ2) is 8.16. The van der Waals surface area contributed by atoms with Crippen molar-refractivity contribution in [2.75, 3.05) is 12.4 Å². The van der Waals surface area contributed by atoms with Gasteiger partial charge in [0.25, 0.3) is 0 Å². The number of pyridine rings is 1. The number of aromatic nitrogens is 3. The summed E-state index contributed by atoms with van der Waals surface area (Å²) in [7, 11) is 1.59. The fourth-order valence-corrected chi connectivity index (χ4v) is 3.66. The van der Waals surface area contributed by atoms with Crippen LogP contribution in [0.2, 0.25) is 0 Å². The average Bonchev–Trinajstić information content (AvgIpc) is 2.84. The number of anilines is 2. The van der Waals surface area contributed by atoms with Gasteiger partial charge in [-0.25, -0.2) is 24.1 Å². The van der Waals surface area contributed by atoms with Gasteiger partial charge < -0.3 is 15.2 Å².